The Bertz CT molecular complexity index is 635. The van der Waals surface area contributed by atoms with Gasteiger partial charge in [-0.1, -0.05) is 6.92 Å². The molecule has 19 heavy (non-hydrogen) atoms. The normalized spacial score (nSPS) is 12.5. The summed E-state index contributed by atoms with van der Waals surface area (Å²) in [5.74, 6) is 1.47. The van der Waals surface area contributed by atoms with Crippen LogP contribution in [0.25, 0.3) is 10.2 Å². The summed E-state index contributed by atoms with van der Waals surface area (Å²) < 4.78 is 5.31. The number of carbonyl (C=O) groups excluding carboxylic acids is 1. The smallest absolute Gasteiger partial charge is 0.309 e. The van der Waals surface area contributed by atoms with E-state index in [1.165, 1.54) is 18.4 Å². The molecule has 2 rings (SSSR count). The van der Waals surface area contributed by atoms with Crippen LogP contribution < -0.4 is 5.56 Å². The van der Waals surface area contributed by atoms with E-state index in [9.17, 15) is 9.59 Å². The van der Waals surface area contributed by atoms with Gasteiger partial charge in [0.2, 0.25) is 0 Å². The Kier molecular flexibility index (Phi) is 4.60. The van der Waals surface area contributed by atoms with Crippen molar-refractivity contribution in [3.63, 3.8) is 0 Å². The molecule has 2 aromatic rings. The summed E-state index contributed by atoms with van der Waals surface area (Å²) in [6.45, 7) is 1.82. The number of fused-ring (bicyclic) bond motifs is 1. The summed E-state index contributed by atoms with van der Waals surface area (Å²) in [6.07, 6.45) is 0. The highest BCUT2D eigenvalue weighted by molar-refractivity contribution is 7.98. The topological polar surface area (TPSA) is 72.0 Å². The zero-order valence-corrected chi connectivity index (χ0v) is 12.3. The van der Waals surface area contributed by atoms with Gasteiger partial charge >= 0.3 is 5.97 Å². The molecule has 1 N–H and O–H groups in total. The first-order valence-corrected chi connectivity index (χ1v) is 7.77. The molecule has 0 aliphatic carbocycles. The minimum atomic E-state index is -0.220. The molecule has 0 saturated carbocycles. The molecule has 1 unspecified atom stereocenters. The zero-order chi connectivity index (χ0) is 13.8. The number of thioether (sulfide) groups is 1. The van der Waals surface area contributed by atoms with E-state index in [0.717, 1.165) is 5.52 Å². The number of aromatic nitrogens is 2. The summed E-state index contributed by atoms with van der Waals surface area (Å²) in [5, 5.41) is 1.85. The van der Waals surface area contributed by atoms with Crippen LogP contribution in [0.3, 0.4) is 0 Å². The molecule has 2 heterocycles. The SMILES string of the molecule is COC(=O)C(C)CSCc1nc2ccsc2c(=O)[nH]1. The molecule has 5 nitrogen and oxygen atoms in total. The lowest BCUT2D eigenvalue weighted by atomic mass is 10.2. The number of methoxy groups -OCH3 is 1. The van der Waals surface area contributed by atoms with E-state index in [1.54, 1.807) is 11.8 Å². The first-order valence-electron chi connectivity index (χ1n) is 5.73. The Labute approximate surface area is 118 Å². The monoisotopic (exact) mass is 298 g/mol. The molecule has 0 bridgehead atoms. The predicted molar refractivity (Wildman–Crippen MR) is 77.6 cm³/mol. The van der Waals surface area contributed by atoms with Crippen LogP contribution in [-0.4, -0.2) is 28.8 Å². The fourth-order valence-corrected chi connectivity index (χ4v) is 3.25. The molecule has 0 spiro atoms. The van der Waals surface area contributed by atoms with Crippen molar-refractivity contribution in [1.29, 1.82) is 0 Å². The van der Waals surface area contributed by atoms with Crippen molar-refractivity contribution < 1.29 is 9.53 Å². The van der Waals surface area contributed by atoms with E-state index in [0.29, 0.717) is 22.0 Å². The lowest BCUT2D eigenvalue weighted by molar-refractivity contribution is -0.143. The van der Waals surface area contributed by atoms with E-state index in [2.05, 4.69) is 14.7 Å². The number of hydrogen-bond acceptors (Lipinski definition) is 6. The maximum absolute atomic E-state index is 11.7. The Balaban J connectivity index is 1.98. The summed E-state index contributed by atoms with van der Waals surface area (Å²) in [7, 11) is 1.38. The largest absolute Gasteiger partial charge is 0.469 e. The number of aromatic amines is 1. The third kappa shape index (κ3) is 3.36. The number of nitrogens with zero attached hydrogens (tertiary/aromatic N) is 1. The van der Waals surface area contributed by atoms with Crippen LogP contribution in [0.4, 0.5) is 0 Å². The summed E-state index contributed by atoms with van der Waals surface area (Å²) in [6, 6.07) is 1.83. The van der Waals surface area contributed by atoms with Crippen LogP contribution in [0.1, 0.15) is 12.7 Å². The molecule has 0 amide bonds. The number of esters is 1. The van der Waals surface area contributed by atoms with Crippen LogP contribution in [0.5, 0.6) is 0 Å². The standard InChI is InChI=1S/C12H14N2O3S2/c1-7(12(16)17-2)5-18-6-9-13-8-3-4-19-10(8)11(15)14-9/h3-4,7H,5-6H2,1-2H3,(H,13,14,15). The van der Waals surface area contributed by atoms with Crippen molar-refractivity contribution in [3.8, 4) is 0 Å². The maximum atomic E-state index is 11.7. The molecule has 0 aromatic carbocycles. The minimum Gasteiger partial charge on any atom is -0.469 e. The molecular formula is C12H14N2O3S2. The highest BCUT2D eigenvalue weighted by atomic mass is 32.2. The third-order valence-corrected chi connectivity index (χ3v) is 4.69. The van der Waals surface area contributed by atoms with Crippen molar-refractivity contribution in [2.45, 2.75) is 12.7 Å². The van der Waals surface area contributed by atoms with Gasteiger partial charge in [-0.05, 0) is 11.4 Å². The van der Waals surface area contributed by atoms with Crippen LogP contribution in [0.2, 0.25) is 0 Å². The number of H-pyrrole nitrogens is 1. The Morgan fingerprint density at radius 3 is 3.16 bits per heavy atom. The highest BCUT2D eigenvalue weighted by Crippen LogP contribution is 2.17. The second-order valence-electron chi connectivity index (χ2n) is 4.09. The van der Waals surface area contributed by atoms with E-state index >= 15 is 0 Å². The lowest BCUT2D eigenvalue weighted by Crippen LogP contribution is -2.15. The Morgan fingerprint density at radius 2 is 2.42 bits per heavy atom. The van der Waals surface area contributed by atoms with Gasteiger partial charge in [0.15, 0.2) is 0 Å². The van der Waals surface area contributed by atoms with E-state index in [-0.39, 0.29) is 17.4 Å². The van der Waals surface area contributed by atoms with Crippen molar-refractivity contribution in [2.24, 2.45) is 5.92 Å². The van der Waals surface area contributed by atoms with Gasteiger partial charge in [-0.25, -0.2) is 4.98 Å². The van der Waals surface area contributed by atoms with E-state index in [1.807, 2.05) is 18.4 Å². The van der Waals surface area contributed by atoms with Gasteiger partial charge in [-0.15, -0.1) is 11.3 Å². The first-order chi connectivity index (χ1) is 9.11. The van der Waals surface area contributed by atoms with Gasteiger partial charge in [0.25, 0.3) is 5.56 Å². The van der Waals surface area contributed by atoms with Crippen molar-refractivity contribution >= 4 is 39.3 Å². The molecular weight excluding hydrogens is 284 g/mol. The van der Waals surface area contributed by atoms with Gasteiger partial charge in [-0.3, -0.25) is 9.59 Å². The first kappa shape index (κ1) is 14.1. The quantitative estimate of drug-likeness (QED) is 0.855. The minimum absolute atomic E-state index is 0.100. The van der Waals surface area contributed by atoms with Crippen molar-refractivity contribution in [1.82, 2.24) is 9.97 Å². The number of nitrogens with one attached hydrogen (secondary N) is 1. The van der Waals surface area contributed by atoms with Gasteiger partial charge in [0, 0.05) is 5.75 Å². The molecule has 2 aromatic heterocycles. The molecule has 7 heteroatoms. The second kappa shape index (κ2) is 6.21. The van der Waals surface area contributed by atoms with Gasteiger partial charge in [-0.2, -0.15) is 11.8 Å². The molecule has 1 atom stereocenters. The molecule has 0 fully saturated rings. The van der Waals surface area contributed by atoms with Crippen molar-refractivity contribution in [2.75, 3.05) is 12.9 Å². The lowest BCUT2D eigenvalue weighted by Gasteiger charge is -2.08. The summed E-state index contributed by atoms with van der Waals surface area (Å²) in [4.78, 5) is 30.1. The maximum Gasteiger partial charge on any atom is 0.309 e. The van der Waals surface area contributed by atoms with E-state index in [4.69, 9.17) is 0 Å². The fourth-order valence-electron chi connectivity index (χ4n) is 1.59. The summed E-state index contributed by atoms with van der Waals surface area (Å²) in [5.41, 5.74) is 0.627. The van der Waals surface area contributed by atoms with Crippen LogP contribution in [-0.2, 0) is 15.3 Å². The molecule has 0 radical (unpaired) electrons. The Hall–Kier alpha value is -1.34. The molecule has 102 valence electrons. The number of ether oxygens (including phenoxy) is 1. The van der Waals surface area contributed by atoms with Gasteiger partial charge < -0.3 is 9.72 Å². The van der Waals surface area contributed by atoms with E-state index < -0.39 is 0 Å². The number of thiophene rings is 1. The van der Waals surface area contributed by atoms with Crippen molar-refractivity contribution in [3.05, 3.63) is 27.6 Å². The number of carbonyl (C=O) groups is 1. The average molecular weight is 298 g/mol. The number of rotatable bonds is 5. The average Bonchev–Trinajstić information content (AvgIpc) is 2.86. The molecule has 0 aliphatic heterocycles. The number of hydrogen-bond donors (Lipinski definition) is 1. The van der Waals surface area contributed by atoms with Crippen LogP contribution >= 0.6 is 23.1 Å². The predicted octanol–water partition coefficient (Wildman–Crippen LogP) is 2.03. The third-order valence-electron chi connectivity index (χ3n) is 2.57. The Morgan fingerprint density at radius 1 is 1.63 bits per heavy atom. The summed E-state index contributed by atoms with van der Waals surface area (Å²) >= 11 is 2.93. The highest BCUT2D eigenvalue weighted by Gasteiger charge is 2.13. The second-order valence-corrected chi connectivity index (χ2v) is 6.03. The fraction of sp³-hybridized carbons (Fsp3) is 0.417. The van der Waals surface area contributed by atoms with Gasteiger partial charge in [0.1, 0.15) is 10.5 Å². The van der Waals surface area contributed by atoms with Crippen LogP contribution in [0.15, 0.2) is 16.2 Å². The molecule has 0 aliphatic rings. The van der Waals surface area contributed by atoms with Crippen LogP contribution in [0, 0.1) is 5.92 Å². The van der Waals surface area contributed by atoms with Gasteiger partial charge in [0.05, 0.1) is 24.3 Å². The molecule has 0 saturated heterocycles. The zero-order valence-electron chi connectivity index (χ0n) is 10.6.